The van der Waals surface area contributed by atoms with Crippen LogP contribution in [0.5, 0.6) is 0 Å². The molecule has 0 aromatic carbocycles. The second kappa shape index (κ2) is 5.39. The molecule has 0 aliphatic rings. The van der Waals surface area contributed by atoms with E-state index in [1.165, 1.54) is 6.07 Å². The van der Waals surface area contributed by atoms with Gasteiger partial charge in [-0.3, -0.25) is 0 Å². The number of hydrogen-bond donors (Lipinski definition) is 2. The molecule has 1 rings (SSSR count). The van der Waals surface area contributed by atoms with Gasteiger partial charge in [-0.05, 0) is 39.8 Å². The summed E-state index contributed by atoms with van der Waals surface area (Å²) in [6.45, 7) is 7.13. The van der Waals surface area contributed by atoms with E-state index in [2.05, 4.69) is 5.32 Å². The van der Waals surface area contributed by atoms with Gasteiger partial charge < -0.3 is 15.2 Å². The number of ether oxygens (including phenoxy) is 1. The minimum Gasteiger partial charge on any atom is -0.477 e. The predicted molar refractivity (Wildman–Crippen MR) is 69.1 cm³/mol. The number of aromatic carboxylic acids is 1. The van der Waals surface area contributed by atoms with E-state index in [0.717, 1.165) is 16.2 Å². The van der Waals surface area contributed by atoms with E-state index in [4.69, 9.17) is 9.84 Å². The molecule has 0 spiro atoms. The minimum absolute atomic E-state index is 0.253. The summed E-state index contributed by atoms with van der Waals surface area (Å²) >= 11 is 1.14. The first kappa shape index (κ1) is 14.5. The number of carbonyl (C=O) groups excluding carboxylic acids is 1. The van der Waals surface area contributed by atoms with Crippen LogP contribution < -0.4 is 5.32 Å². The summed E-state index contributed by atoms with van der Waals surface area (Å²) in [6.07, 6.45) is -0.514. The molecular formula is C12H17NO4S. The Hall–Kier alpha value is -1.56. The Morgan fingerprint density at radius 1 is 1.39 bits per heavy atom. The smallest absolute Gasteiger partial charge is 0.408 e. The lowest BCUT2D eigenvalue weighted by Crippen LogP contribution is -2.33. The van der Waals surface area contributed by atoms with Crippen molar-refractivity contribution in [2.75, 3.05) is 0 Å². The maximum absolute atomic E-state index is 11.5. The second-order valence-electron chi connectivity index (χ2n) is 4.88. The molecule has 100 valence electrons. The largest absolute Gasteiger partial charge is 0.477 e. The molecule has 5 nitrogen and oxygen atoms in total. The molecule has 1 heterocycles. The van der Waals surface area contributed by atoms with Gasteiger partial charge in [0.1, 0.15) is 10.5 Å². The van der Waals surface area contributed by atoms with Crippen LogP contribution in [0.1, 0.15) is 48.3 Å². The van der Waals surface area contributed by atoms with E-state index in [1.54, 1.807) is 33.8 Å². The van der Waals surface area contributed by atoms with E-state index in [9.17, 15) is 9.59 Å². The van der Waals surface area contributed by atoms with Gasteiger partial charge in [-0.15, -0.1) is 11.3 Å². The zero-order valence-corrected chi connectivity index (χ0v) is 11.6. The van der Waals surface area contributed by atoms with Gasteiger partial charge in [-0.2, -0.15) is 0 Å². The number of amides is 1. The lowest BCUT2D eigenvalue weighted by molar-refractivity contribution is 0.0508. The van der Waals surface area contributed by atoms with E-state index in [1.807, 2.05) is 0 Å². The summed E-state index contributed by atoms with van der Waals surface area (Å²) in [5.41, 5.74) is -0.550. The number of carbonyl (C=O) groups is 2. The molecule has 0 radical (unpaired) electrons. The highest BCUT2D eigenvalue weighted by Crippen LogP contribution is 2.23. The van der Waals surface area contributed by atoms with Crippen molar-refractivity contribution in [3.63, 3.8) is 0 Å². The summed E-state index contributed by atoms with van der Waals surface area (Å²) in [4.78, 5) is 23.3. The molecule has 18 heavy (non-hydrogen) atoms. The normalized spacial score (nSPS) is 12.9. The molecule has 1 amide bonds. The second-order valence-corrected chi connectivity index (χ2v) is 5.99. The van der Waals surface area contributed by atoms with Gasteiger partial charge in [0.05, 0.1) is 6.04 Å². The first-order chi connectivity index (χ1) is 8.19. The molecule has 0 saturated carbocycles. The van der Waals surface area contributed by atoms with Crippen LogP contribution in [0.2, 0.25) is 0 Å². The molecule has 6 heteroatoms. The Bertz CT molecular complexity index is 447. The van der Waals surface area contributed by atoms with Crippen molar-refractivity contribution < 1.29 is 19.4 Å². The average Bonchev–Trinajstić information content (AvgIpc) is 2.62. The van der Waals surface area contributed by atoms with Gasteiger partial charge in [0.15, 0.2) is 0 Å². The summed E-state index contributed by atoms with van der Waals surface area (Å²) in [5, 5.41) is 11.5. The average molecular weight is 271 g/mol. The first-order valence-electron chi connectivity index (χ1n) is 5.51. The molecule has 1 aromatic rings. The van der Waals surface area contributed by atoms with Gasteiger partial charge in [-0.1, -0.05) is 0 Å². The highest BCUT2D eigenvalue weighted by molar-refractivity contribution is 7.14. The van der Waals surface area contributed by atoms with Gasteiger partial charge in [-0.25, -0.2) is 9.59 Å². The van der Waals surface area contributed by atoms with Crippen molar-refractivity contribution in [1.82, 2.24) is 5.32 Å². The van der Waals surface area contributed by atoms with Crippen LogP contribution in [-0.2, 0) is 4.74 Å². The van der Waals surface area contributed by atoms with Gasteiger partial charge in [0.25, 0.3) is 0 Å². The van der Waals surface area contributed by atoms with E-state index >= 15 is 0 Å². The molecule has 0 bridgehead atoms. The Morgan fingerprint density at radius 2 is 2.00 bits per heavy atom. The molecule has 2 N–H and O–H groups in total. The van der Waals surface area contributed by atoms with Crippen LogP contribution in [0.15, 0.2) is 12.1 Å². The standard InChI is InChI=1S/C12H17NO4S/c1-7(13-11(16)17-12(2,3)4)8-5-6-9(18-8)10(14)15/h5-7H,1-4H3,(H,13,16)(H,14,15). The zero-order chi connectivity index (χ0) is 13.9. The third-order valence-corrected chi connectivity index (χ3v) is 3.25. The van der Waals surface area contributed by atoms with Crippen molar-refractivity contribution >= 4 is 23.4 Å². The summed E-state index contributed by atoms with van der Waals surface area (Å²) < 4.78 is 5.12. The Labute approximate surface area is 110 Å². The third-order valence-electron chi connectivity index (χ3n) is 2.00. The van der Waals surface area contributed by atoms with Crippen molar-refractivity contribution in [2.24, 2.45) is 0 Å². The number of thiophene rings is 1. The van der Waals surface area contributed by atoms with Gasteiger partial charge >= 0.3 is 12.1 Å². The van der Waals surface area contributed by atoms with Crippen LogP contribution >= 0.6 is 11.3 Å². The molecule has 1 atom stereocenters. The number of carboxylic acids is 1. The predicted octanol–water partition coefficient (Wildman–Crippen LogP) is 3.03. The molecule has 0 aliphatic carbocycles. The summed E-state index contributed by atoms with van der Waals surface area (Å²) in [6, 6.07) is 2.93. The molecule has 1 unspecified atom stereocenters. The SMILES string of the molecule is CC(NC(=O)OC(C)(C)C)c1ccc(C(=O)O)s1. The molecular weight excluding hydrogens is 254 g/mol. The molecule has 0 saturated heterocycles. The first-order valence-corrected chi connectivity index (χ1v) is 6.33. The van der Waals surface area contributed by atoms with Crippen LogP contribution in [0.3, 0.4) is 0 Å². The number of rotatable bonds is 3. The number of alkyl carbamates (subject to hydrolysis) is 1. The van der Waals surface area contributed by atoms with E-state index in [0.29, 0.717) is 0 Å². The maximum Gasteiger partial charge on any atom is 0.408 e. The quantitative estimate of drug-likeness (QED) is 0.886. The fourth-order valence-corrected chi connectivity index (χ4v) is 2.11. The fraction of sp³-hybridized carbons (Fsp3) is 0.500. The van der Waals surface area contributed by atoms with E-state index in [-0.39, 0.29) is 10.9 Å². The van der Waals surface area contributed by atoms with Crippen molar-refractivity contribution in [3.05, 3.63) is 21.9 Å². The Kier molecular flexibility index (Phi) is 4.34. The summed E-state index contributed by atoms with van der Waals surface area (Å²) in [7, 11) is 0. The third kappa shape index (κ3) is 4.37. The lowest BCUT2D eigenvalue weighted by atomic mass is 10.2. The fourth-order valence-electron chi connectivity index (χ4n) is 1.26. The van der Waals surface area contributed by atoms with Crippen LogP contribution in [-0.4, -0.2) is 22.8 Å². The Morgan fingerprint density at radius 3 is 2.44 bits per heavy atom. The lowest BCUT2D eigenvalue weighted by Gasteiger charge is -2.21. The monoisotopic (exact) mass is 271 g/mol. The van der Waals surface area contributed by atoms with Crippen molar-refractivity contribution in [2.45, 2.75) is 39.3 Å². The van der Waals surface area contributed by atoms with Crippen LogP contribution in [0, 0.1) is 0 Å². The highest BCUT2D eigenvalue weighted by atomic mass is 32.1. The van der Waals surface area contributed by atoms with Crippen LogP contribution in [0.25, 0.3) is 0 Å². The number of nitrogens with one attached hydrogen (secondary N) is 1. The molecule has 0 fully saturated rings. The van der Waals surface area contributed by atoms with E-state index < -0.39 is 17.7 Å². The van der Waals surface area contributed by atoms with Crippen molar-refractivity contribution in [1.29, 1.82) is 0 Å². The Balaban J connectivity index is 2.62. The van der Waals surface area contributed by atoms with Crippen molar-refractivity contribution in [3.8, 4) is 0 Å². The maximum atomic E-state index is 11.5. The minimum atomic E-state index is -0.962. The molecule has 0 aliphatic heterocycles. The highest BCUT2D eigenvalue weighted by Gasteiger charge is 2.19. The topological polar surface area (TPSA) is 75.6 Å². The van der Waals surface area contributed by atoms with Crippen LogP contribution in [0.4, 0.5) is 4.79 Å². The zero-order valence-electron chi connectivity index (χ0n) is 10.8. The summed E-state index contributed by atoms with van der Waals surface area (Å²) in [5.74, 6) is -0.962. The molecule has 1 aromatic heterocycles. The van der Waals surface area contributed by atoms with Gasteiger partial charge in [0.2, 0.25) is 0 Å². The van der Waals surface area contributed by atoms with Gasteiger partial charge in [0, 0.05) is 4.88 Å². The number of carboxylic acid groups (broad SMARTS) is 1. The number of hydrogen-bond acceptors (Lipinski definition) is 4.